The third-order valence-corrected chi connectivity index (χ3v) is 6.39. The summed E-state index contributed by atoms with van der Waals surface area (Å²) in [5, 5.41) is 12.1. The number of aryl methyl sites for hydroxylation is 1. The highest BCUT2D eigenvalue weighted by Gasteiger charge is 2.40. The summed E-state index contributed by atoms with van der Waals surface area (Å²) in [5.41, 5.74) is 2.22. The van der Waals surface area contributed by atoms with Crippen molar-refractivity contribution in [2.24, 2.45) is 11.3 Å². The molecule has 6 heteroatoms. The summed E-state index contributed by atoms with van der Waals surface area (Å²) in [4.78, 5) is 24.8. The first-order valence-corrected chi connectivity index (χ1v) is 12.4. The fraction of sp³-hybridized carbons (Fsp3) is 0.517. The zero-order chi connectivity index (χ0) is 26.0. The molecular weight excluding hydrogens is 442 g/mol. The maximum Gasteiger partial charge on any atom is 0.303 e. The Morgan fingerprint density at radius 1 is 1.03 bits per heavy atom. The number of unbranched alkanes of at least 4 members (excludes halogenated alkanes) is 2. The largest absolute Gasteiger partial charge is 0.493 e. The second kappa shape index (κ2) is 13.2. The second-order valence-electron chi connectivity index (χ2n) is 10.1. The lowest BCUT2D eigenvalue weighted by Crippen LogP contribution is -2.38. The molecule has 0 radical (unpaired) electrons. The van der Waals surface area contributed by atoms with Crippen molar-refractivity contribution in [3.63, 3.8) is 0 Å². The second-order valence-corrected chi connectivity index (χ2v) is 10.1. The Hall–Kier alpha value is -3.02. The molecule has 35 heavy (non-hydrogen) atoms. The van der Waals surface area contributed by atoms with Gasteiger partial charge in [0, 0.05) is 17.7 Å². The average molecular weight is 484 g/mol. The number of carbonyl (C=O) groups excluding carboxylic acids is 1. The lowest BCUT2D eigenvalue weighted by Gasteiger charge is -2.37. The van der Waals surface area contributed by atoms with Crippen molar-refractivity contribution >= 4 is 17.6 Å². The van der Waals surface area contributed by atoms with Crippen LogP contribution in [-0.4, -0.2) is 31.2 Å². The fourth-order valence-electron chi connectivity index (χ4n) is 4.78. The zero-order valence-electron chi connectivity index (χ0n) is 22.0. The Bertz CT molecular complexity index is 979. The summed E-state index contributed by atoms with van der Waals surface area (Å²) in [6, 6.07) is 13.3. The molecule has 0 aliphatic heterocycles. The SMILES string of the molecule is CCCCCC(c1cccc(OC)c1OC)C(C(=O)Nc1cccc(CCC(=O)O)c1)C(C)(C)C. The van der Waals surface area contributed by atoms with E-state index in [1.807, 2.05) is 42.5 Å². The van der Waals surface area contributed by atoms with Crippen molar-refractivity contribution in [3.8, 4) is 11.5 Å². The van der Waals surface area contributed by atoms with Crippen LogP contribution in [0.1, 0.15) is 76.8 Å². The van der Waals surface area contributed by atoms with Gasteiger partial charge in [-0.15, -0.1) is 0 Å². The topological polar surface area (TPSA) is 84.9 Å². The highest BCUT2D eigenvalue weighted by atomic mass is 16.5. The van der Waals surface area contributed by atoms with E-state index in [1.165, 1.54) is 0 Å². The van der Waals surface area contributed by atoms with Crippen molar-refractivity contribution in [2.45, 2.75) is 72.1 Å². The number of ether oxygens (including phenoxy) is 2. The molecule has 0 spiro atoms. The van der Waals surface area contributed by atoms with Crippen LogP contribution < -0.4 is 14.8 Å². The first kappa shape index (κ1) is 28.2. The van der Waals surface area contributed by atoms with E-state index in [0.717, 1.165) is 36.8 Å². The average Bonchev–Trinajstić information content (AvgIpc) is 2.80. The van der Waals surface area contributed by atoms with Gasteiger partial charge in [-0.2, -0.15) is 0 Å². The van der Waals surface area contributed by atoms with E-state index in [9.17, 15) is 9.59 Å². The van der Waals surface area contributed by atoms with Crippen LogP contribution in [0.3, 0.4) is 0 Å². The van der Waals surface area contributed by atoms with Gasteiger partial charge in [0.1, 0.15) is 0 Å². The molecule has 192 valence electrons. The Morgan fingerprint density at radius 2 is 1.74 bits per heavy atom. The van der Waals surface area contributed by atoms with Crippen LogP contribution in [0.15, 0.2) is 42.5 Å². The lowest BCUT2D eigenvalue weighted by atomic mass is 9.68. The van der Waals surface area contributed by atoms with Gasteiger partial charge >= 0.3 is 5.97 Å². The molecule has 0 aliphatic carbocycles. The Labute approximate surface area is 210 Å². The number of carboxylic acid groups (broad SMARTS) is 1. The van der Waals surface area contributed by atoms with Crippen LogP contribution in [0.5, 0.6) is 11.5 Å². The van der Waals surface area contributed by atoms with E-state index in [-0.39, 0.29) is 29.6 Å². The molecule has 2 aromatic carbocycles. The van der Waals surface area contributed by atoms with E-state index in [2.05, 4.69) is 33.0 Å². The molecule has 2 atom stereocenters. The van der Waals surface area contributed by atoms with Crippen molar-refractivity contribution in [3.05, 3.63) is 53.6 Å². The summed E-state index contributed by atoms with van der Waals surface area (Å²) in [6.07, 6.45) is 4.52. The van der Waals surface area contributed by atoms with Crippen LogP contribution in [0.25, 0.3) is 0 Å². The molecule has 2 aromatic rings. The predicted molar refractivity (Wildman–Crippen MR) is 140 cm³/mol. The number of carboxylic acids is 1. The number of carbonyl (C=O) groups is 2. The summed E-state index contributed by atoms with van der Waals surface area (Å²) < 4.78 is 11.3. The van der Waals surface area contributed by atoms with Gasteiger partial charge in [-0.05, 0) is 47.9 Å². The lowest BCUT2D eigenvalue weighted by molar-refractivity contribution is -0.137. The van der Waals surface area contributed by atoms with E-state index in [1.54, 1.807) is 14.2 Å². The first-order valence-electron chi connectivity index (χ1n) is 12.4. The fourth-order valence-corrected chi connectivity index (χ4v) is 4.78. The van der Waals surface area contributed by atoms with Gasteiger partial charge in [-0.3, -0.25) is 9.59 Å². The van der Waals surface area contributed by atoms with Crippen molar-refractivity contribution < 1.29 is 24.2 Å². The Balaban J connectivity index is 2.45. The van der Waals surface area contributed by atoms with Gasteiger partial charge in [0.05, 0.1) is 20.1 Å². The summed E-state index contributed by atoms with van der Waals surface area (Å²) in [5.74, 6) is 0.0392. The van der Waals surface area contributed by atoms with Crippen LogP contribution in [0.4, 0.5) is 5.69 Å². The molecule has 2 unspecified atom stereocenters. The molecular formula is C29H41NO5. The van der Waals surface area contributed by atoms with Crippen LogP contribution in [-0.2, 0) is 16.0 Å². The highest BCUT2D eigenvalue weighted by Crippen LogP contribution is 2.46. The third kappa shape index (κ3) is 8.01. The monoisotopic (exact) mass is 483 g/mol. The van der Waals surface area contributed by atoms with Crippen LogP contribution >= 0.6 is 0 Å². The van der Waals surface area contributed by atoms with E-state index < -0.39 is 5.97 Å². The minimum atomic E-state index is -0.839. The number of rotatable bonds is 13. The molecule has 0 heterocycles. The van der Waals surface area contributed by atoms with Crippen molar-refractivity contribution in [1.29, 1.82) is 0 Å². The minimum absolute atomic E-state index is 0.0527. The van der Waals surface area contributed by atoms with Crippen molar-refractivity contribution in [1.82, 2.24) is 0 Å². The normalized spacial score (nSPS) is 13.1. The molecule has 0 saturated carbocycles. The number of anilines is 1. The summed E-state index contributed by atoms with van der Waals surface area (Å²) in [6.45, 7) is 8.46. The van der Waals surface area contributed by atoms with Crippen LogP contribution in [0.2, 0.25) is 0 Å². The minimum Gasteiger partial charge on any atom is -0.493 e. The van der Waals surface area contributed by atoms with E-state index in [4.69, 9.17) is 14.6 Å². The molecule has 6 nitrogen and oxygen atoms in total. The first-order chi connectivity index (χ1) is 16.6. The molecule has 0 bridgehead atoms. The molecule has 0 saturated heterocycles. The molecule has 0 aromatic heterocycles. The number of para-hydroxylation sites is 1. The van der Waals surface area contributed by atoms with Gasteiger partial charge in [-0.1, -0.05) is 71.2 Å². The number of aliphatic carboxylic acids is 1. The molecule has 2 rings (SSSR count). The Morgan fingerprint density at radius 3 is 2.34 bits per heavy atom. The maximum atomic E-state index is 13.9. The smallest absolute Gasteiger partial charge is 0.303 e. The molecule has 0 aliphatic rings. The number of methoxy groups -OCH3 is 2. The highest BCUT2D eigenvalue weighted by molar-refractivity contribution is 5.94. The molecule has 0 fully saturated rings. The number of amides is 1. The third-order valence-electron chi connectivity index (χ3n) is 6.39. The van der Waals surface area contributed by atoms with Gasteiger partial charge in [0.15, 0.2) is 11.5 Å². The van der Waals surface area contributed by atoms with Gasteiger partial charge in [0.25, 0.3) is 0 Å². The predicted octanol–water partition coefficient (Wildman–Crippen LogP) is 6.69. The number of nitrogens with one attached hydrogen (secondary N) is 1. The van der Waals surface area contributed by atoms with E-state index in [0.29, 0.717) is 23.6 Å². The number of hydrogen-bond donors (Lipinski definition) is 2. The summed E-state index contributed by atoms with van der Waals surface area (Å²) in [7, 11) is 3.26. The van der Waals surface area contributed by atoms with Gasteiger partial charge < -0.3 is 19.9 Å². The number of benzene rings is 2. The van der Waals surface area contributed by atoms with E-state index >= 15 is 0 Å². The maximum absolute atomic E-state index is 13.9. The molecule has 1 amide bonds. The standard InChI is InChI=1S/C29H41NO5/c1-7-8-9-14-22(23-15-11-16-24(34-5)27(23)35-6)26(29(2,3)4)28(33)30-21-13-10-12-20(19-21)17-18-25(31)32/h10-13,15-16,19,22,26H,7-9,14,17-18H2,1-6H3,(H,30,33)(H,31,32). The summed E-state index contributed by atoms with van der Waals surface area (Å²) >= 11 is 0. The molecule has 2 N–H and O–H groups in total. The van der Waals surface area contributed by atoms with Gasteiger partial charge in [0.2, 0.25) is 5.91 Å². The van der Waals surface area contributed by atoms with Crippen LogP contribution in [0, 0.1) is 11.3 Å². The van der Waals surface area contributed by atoms with Crippen molar-refractivity contribution in [2.75, 3.05) is 19.5 Å². The number of hydrogen-bond acceptors (Lipinski definition) is 4. The zero-order valence-corrected chi connectivity index (χ0v) is 22.0. The Kier molecular flexibility index (Phi) is 10.6. The van der Waals surface area contributed by atoms with Gasteiger partial charge in [-0.25, -0.2) is 0 Å². The quantitative estimate of drug-likeness (QED) is 0.310.